The third kappa shape index (κ3) is 1.10. The molecule has 70 valence electrons. The fourth-order valence-electron chi connectivity index (χ4n) is 1.84. The van der Waals surface area contributed by atoms with Gasteiger partial charge in [0.2, 0.25) is 0 Å². The van der Waals surface area contributed by atoms with E-state index in [4.69, 9.17) is 0 Å². The first-order valence-corrected chi connectivity index (χ1v) is 5.00. The first-order chi connectivity index (χ1) is 6.78. The molecule has 0 N–H and O–H groups in total. The zero-order valence-electron chi connectivity index (χ0n) is 8.20. The van der Waals surface area contributed by atoms with Crippen LogP contribution in [-0.2, 0) is 5.41 Å². The average molecular weight is 184 g/mol. The highest BCUT2D eigenvalue weighted by Gasteiger charge is 2.38. The molecule has 3 rings (SSSR count). The van der Waals surface area contributed by atoms with Gasteiger partial charge in [-0.05, 0) is 42.0 Å². The molecule has 0 radical (unpaired) electrons. The Hall–Kier alpha value is -1.44. The van der Waals surface area contributed by atoms with Crippen LogP contribution in [0.4, 0.5) is 0 Å². The highest BCUT2D eigenvalue weighted by atomic mass is 15.1. The van der Waals surface area contributed by atoms with Crippen LogP contribution in [0.1, 0.15) is 25.3 Å². The molecule has 0 saturated heterocycles. The number of hydrogen-bond donors (Lipinski definition) is 0. The van der Waals surface area contributed by atoms with Crippen LogP contribution in [0.3, 0.4) is 0 Å². The summed E-state index contributed by atoms with van der Waals surface area (Å²) in [6, 6.07) is 8.53. The Morgan fingerprint density at radius 1 is 1.21 bits per heavy atom. The Labute approximate surface area is 83.0 Å². The molecule has 2 aromatic rings. The minimum absolute atomic E-state index is 0.442. The number of rotatable bonds is 1. The smallest absolute Gasteiger partial charge is 0.0929 e. The molecule has 1 aromatic carbocycles. The van der Waals surface area contributed by atoms with Crippen molar-refractivity contribution >= 4 is 10.9 Å². The van der Waals surface area contributed by atoms with Gasteiger partial charge in [-0.1, -0.05) is 13.0 Å². The molecule has 2 nitrogen and oxygen atoms in total. The second-order valence-electron chi connectivity index (χ2n) is 4.37. The lowest BCUT2D eigenvalue weighted by Crippen LogP contribution is -1.99. The topological polar surface area (TPSA) is 25.8 Å². The second-order valence-corrected chi connectivity index (χ2v) is 4.37. The summed E-state index contributed by atoms with van der Waals surface area (Å²) in [5.41, 5.74) is 2.87. The monoisotopic (exact) mass is 184 g/mol. The van der Waals surface area contributed by atoms with Crippen molar-refractivity contribution in [3.05, 3.63) is 36.0 Å². The van der Waals surface area contributed by atoms with Crippen LogP contribution in [-0.4, -0.2) is 10.2 Å². The van der Waals surface area contributed by atoms with Crippen LogP contribution in [0.2, 0.25) is 0 Å². The highest BCUT2D eigenvalue weighted by Crippen LogP contribution is 2.47. The van der Waals surface area contributed by atoms with Crippen molar-refractivity contribution in [2.75, 3.05) is 0 Å². The first kappa shape index (κ1) is 7.92. The van der Waals surface area contributed by atoms with Gasteiger partial charge in [0.05, 0.1) is 11.7 Å². The van der Waals surface area contributed by atoms with Gasteiger partial charge in [0.15, 0.2) is 0 Å². The van der Waals surface area contributed by atoms with Crippen molar-refractivity contribution in [2.24, 2.45) is 0 Å². The van der Waals surface area contributed by atoms with E-state index in [9.17, 15) is 0 Å². The summed E-state index contributed by atoms with van der Waals surface area (Å²) in [6.45, 7) is 2.32. The molecule has 1 aromatic heterocycles. The lowest BCUT2D eigenvalue weighted by atomic mass is 9.97. The fraction of sp³-hybridized carbons (Fsp3) is 0.333. The molecule has 1 fully saturated rings. The van der Waals surface area contributed by atoms with Crippen molar-refractivity contribution in [3.63, 3.8) is 0 Å². The Morgan fingerprint density at radius 2 is 2.07 bits per heavy atom. The van der Waals surface area contributed by atoms with E-state index in [0.717, 1.165) is 5.52 Å². The van der Waals surface area contributed by atoms with E-state index in [-0.39, 0.29) is 0 Å². The van der Waals surface area contributed by atoms with Gasteiger partial charge in [0.1, 0.15) is 0 Å². The van der Waals surface area contributed by atoms with Crippen LogP contribution in [0.5, 0.6) is 0 Å². The lowest BCUT2D eigenvalue weighted by molar-refractivity contribution is 0.789. The summed E-state index contributed by atoms with van der Waals surface area (Å²) in [7, 11) is 0. The highest BCUT2D eigenvalue weighted by molar-refractivity contribution is 5.78. The molecule has 2 heteroatoms. The van der Waals surface area contributed by atoms with Crippen molar-refractivity contribution in [1.82, 2.24) is 10.2 Å². The van der Waals surface area contributed by atoms with Gasteiger partial charge in [-0.15, -0.1) is 0 Å². The molecule has 0 aliphatic heterocycles. The predicted octanol–water partition coefficient (Wildman–Crippen LogP) is 2.68. The summed E-state index contributed by atoms with van der Waals surface area (Å²) in [6.07, 6.45) is 4.38. The maximum absolute atomic E-state index is 4.07. The molecular formula is C12H12N2. The average Bonchev–Trinajstić information content (AvgIpc) is 2.97. The Bertz CT molecular complexity index is 486. The summed E-state index contributed by atoms with van der Waals surface area (Å²) in [4.78, 5) is 0. The van der Waals surface area contributed by atoms with Crippen molar-refractivity contribution in [3.8, 4) is 0 Å². The molecule has 1 aliphatic rings. The van der Waals surface area contributed by atoms with Crippen LogP contribution < -0.4 is 0 Å². The quantitative estimate of drug-likeness (QED) is 0.681. The normalized spacial score (nSPS) is 18.4. The third-order valence-electron chi connectivity index (χ3n) is 3.21. The number of benzene rings is 1. The number of fused-ring (bicyclic) bond motifs is 1. The Balaban J connectivity index is 2.20. The first-order valence-electron chi connectivity index (χ1n) is 5.00. The van der Waals surface area contributed by atoms with E-state index in [1.165, 1.54) is 23.8 Å². The van der Waals surface area contributed by atoms with E-state index >= 15 is 0 Å². The van der Waals surface area contributed by atoms with Crippen LogP contribution in [0, 0.1) is 0 Å². The Kier molecular flexibility index (Phi) is 1.43. The van der Waals surface area contributed by atoms with Crippen LogP contribution >= 0.6 is 0 Å². The maximum atomic E-state index is 4.07. The summed E-state index contributed by atoms with van der Waals surface area (Å²) >= 11 is 0. The van der Waals surface area contributed by atoms with Gasteiger partial charge in [-0.25, -0.2) is 0 Å². The molecule has 0 amide bonds. The van der Waals surface area contributed by atoms with Gasteiger partial charge in [0.25, 0.3) is 0 Å². The van der Waals surface area contributed by atoms with E-state index in [2.05, 4.69) is 35.3 Å². The van der Waals surface area contributed by atoms with E-state index in [0.29, 0.717) is 5.41 Å². The van der Waals surface area contributed by atoms with Gasteiger partial charge in [-0.3, -0.25) is 0 Å². The molecule has 0 spiro atoms. The standard InChI is InChI=1S/C12H12N2/c1-12(5-6-12)10-2-3-11-9(8-10)4-7-13-14-11/h2-4,7-8H,5-6H2,1H3. The van der Waals surface area contributed by atoms with Gasteiger partial charge in [-0.2, -0.15) is 10.2 Å². The van der Waals surface area contributed by atoms with Crippen LogP contribution in [0.15, 0.2) is 30.5 Å². The minimum atomic E-state index is 0.442. The molecule has 0 unspecified atom stereocenters. The van der Waals surface area contributed by atoms with Crippen molar-refractivity contribution in [1.29, 1.82) is 0 Å². The Morgan fingerprint density at radius 3 is 2.86 bits per heavy atom. The second kappa shape index (κ2) is 2.53. The molecule has 14 heavy (non-hydrogen) atoms. The lowest BCUT2D eigenvalue weighted by Gasteiger charge is -2.08. The predicted molar refractivity (Wildman–Crippen MR) is 56.1 cm³/mol. The molecule has 1 heterocycles. The van der Waals surface area contributed by atoms with E-state index in [1.54, 1.807) is 6.20 Å². The third-order valence-corrected chi connectivity index (χ3v) is 3.21. The van der Waals surface area contributed by atoms with Crippen molar-refractivity contribution in [2.45, 2.75) is 25.2 Å². The zero-order valence-corrected chi connectivity index (χ0v) is 8.20. The molecule has 0 atom stereocenters. The summed E-state index contributed by atoms with van der Waals surface area (Å²) in [5, 5.41) is 9.14. The largest absolute Gasteiger partial charge is 0.159 e. The number of hydrogen-bond acceptors (Lipinski definition) is 2. The molecule has 1 aliphatic carbocycles. The minimum Gasteiger partial charge on any atom is -0.159 e. The molecular weight excluding hydrogens is 172 g/mol. The molecule has 0 bridgehead atoms. The van der Waals surface area contributed by atoms with Gasteiger partial charge >= 0.3 is 0 Å². The van der Waals surface area contributed by atoms with E-state index in [1.807, 2.05) is 6.07 Å². The summed E-state index contributed by atoms with van der Waals surface area (Å²) in [5.74, 6) is 0. The molecule has 1 saturated carbocycles. The van der Waals surface area contributed by atoms with Crippen molar-refractivity contribution < 1.29 is 0 Å². The van der Waals surface area contributed by atoms with Crippen LogP contribution in [0.25, 0.3) is 10.9 Å². The zero-order chi connectivity index (χ0) is 9.60. The maximum Gasteiger partial charge on any atom is 0.0929 e. The number of nitrogens with zero attached hydrogens (tertiary/aromatic N) is 2. The van der Waals surface area contributed by atoms with Gasteiger partial charge < -0.3 is 0 Å². The van der Waals surface area contributed by atoms with E-state index < -0.39 is 0 Å². The fourth-order valence-corrected chi connectivity index (χ4v) is 1.84. The number of aromatic nitrogens is 2. The SMILES string of the molecule is CC1(c2ccc3nnccc3c2)CC1. The summed E-state index contributed by atoms with van der Waals surface area (Å²) < 4.78 is 0. The van der Waals surface area contributed by atoms with Gasteiger partial charge in [0, 0.05) is 5.39 Å².